The Balaban J connectivity index is 1.94. The maximum absolute atomic E-state index is 12.8. The molecule has 0 saturated heterocycles. The minimum absolute atomic E-state index is 0.000478. The van der Waals surface area contributed by atoms with Crippen molar-refractivity contribution in [2.24, 2.45) is 0 Å². The lowest BCUT2D eigenvalue weighted by atomic mass is 10.3. The molecule has 0 radical (unpaired) electrons. The fourth-order valence-electron chi connectivity index (χ4n) is 2.38. The Kier molecular flexibility index (Phi) is 6.70. The summed E-state index contributed by atoms with van der Waals surface area (Å²) in [5.74, 6) is -0.669. The molecular weight excluding hydrogens is 357 g/mol. The first kappa shape index (κ1) is 19.9. The lowest BCUT2D eigenvalue weighted by Crippen LogP contribution is -2.30. The van der Waals surface area contributed by atoms with E-state index in [0.29, 0.717) is 24.5 Å². The summed E-state index contributed by atoms with van der Waals surface area (Å²) in [5, 5.41) is 5.55. The Bertz CT molecular complexity index is 833. The highest BCUT2D eigenvalue weighted by Crippen LogP contribution is 2.18. The molecule has 0 aromatic heterocycles. The SMILES string of the molecule is CCN(CC)S(=O)(=O)c1ccc(NCC(=O)Nc2ccc(F)cc2)cc1. The predicted molar refractivity (Wildman–Crippen MR) is 100 cm³/mol. The molecule has 0 unspecified atom stereocenters. The van der Waals surface area contributed by atoms with E-state index in [0.717, 1.165) is 0 Å². The van der Waals surface area contributed by atoms with E-state index < -0.39 is 10.0 Å². The maximum Gasteiger partial charge on any atom is 0.243 e. The van der Waals surface area contributed by atoms with Crippen LogP contribution in [-0.4, -0.2) is 38.3 Å². The maximum atomic E-state index is 12.8. The molecule has 0 fully saturated rings. The van der Waals surface area contributed by atoms with Crippen LogP contribution in [0.4, 0.5) is 15.8 Å². The van der Waals surface area contributed by atoms with Gasteiger partial charge < -0.3 is 10.6 Å². The van der Waals surface area contributed by atoms with Crippen molar-refractivity contribution in [1.82, 2.24) is 4.31 Å². The van der Waals surface area contributed by atoms with Gasteiger partial charge in [-0.3, -0.25) is 4.79 Å². The molecule has 140 valence electrons. The second-order valence-electron chi connectivity index (χ2n) is 5.52. The van der Waals surface area contributed by atoms with Gasteiger partial charge >= 0.3 is 0 Å². The van der Waals surface area contributed by atoms with E-state index in [1.807, 2.05) is 0 Å². The molecule has 0 saturated carbocycles. The molecule has 0 aliphatic carbocycles. The molecule has 0 aliphatic heterocycles. The van der Waals surface area contributed by atoms with Gasteiger partial charge in [-0.15, -0.1) is 0 Å². The van der Waals surface area contributed by atoms with Crippen LogP contribution in [0.3, 0.4) is 0 Å². The topological polar surface area (TPSA) is 78.5 Å². The molecule has 0 atom stereocenters. The number of amides is 1. The van der Waals surface area contributed by atoms with E-state index >= 15 is 0 Å². The number of sulfonamides is 1. The summed E-state index contributed by atoms with van der Waals surface area (Å²) in [6.45, 7) is 4.39. The predicted octanol–water partition coefficient (Wildman–Crippen LogP) is 2.91. The Morgan fingerprint density at radius 3 is 2.04 bits per heavy atom. The molecule has 2 aromatic carbocycles. The summed E-state index contributed by atoms with van der Waals surface area (Å²) in [4.78, 5) is 12.1. The van der Waals surface area contributed by atoms with Crippen molar-refractivity contribution in [3.8, 4) is 0 Å². The quantitative estimate of drug-likeness (QED) is 0.739. The normalized spacial score (nSPS) is 11.4. The first-order valence-corrected chi connectivity index (χ1v) is 9.70. The molecule has 0 aliphatic rings. The van der Waals surface area contributed by atoms with Crippen LogP contribution in [-0.2, 0) is 14.8 Å². The third kappa shape index (κ3) is 5.03. The number of rotatable bonds is 8. The third-order valence-electron chi connectivity index (χ3n) is 3.78. The van der Waals surface area contributed by atoms with Gasteiger partial charge in [-0.25, -0.2) is 12.8 Å². The summed E-state index contributed by atoms with van der Waals surface area (Å²) >= 11 is 0. The number of carbonyl (C=O) groups excluding carboxylic acids is 1. The van der Waals surface area contributed by atoms with Gasteiger partial charge in [0.1, 0.15) is 5.82 Å². The lowest BCUT2D eigenvalue weighted by Gasteiger charge is -2.18. The zero-order valence-corrected chi connectivity index (χ0v) is 15.5. The van der Waals surface area contributed by atoms with Gasteiger partial charge in [0.2, 0.25) is 15.9 Å². The van der Waals surface area contributed by atoms with Gasteiger partial charge in [0.05, 0.1) is 11.4 Å². The minimum atomic E-state index is -3.50. The zero-order chi connectivity index (χ0) is 19.2. The smallest absolute Gasteiger partial charge is 0.243 e. The highest BCUT2D eigenvalue weighted by Gasteiger charge is 2.21. The van der Waals surface area contributed by atoms with Gasteiger partial charge in [0, 0.05) is 24.5 Å². The summed E-state index contributed by atoms with van der Waals surface area (Å²) < 4.78 is 39.0. The average Bonchev–Trinajstić information content (AvgIpc) is 2.63. The second-order valence-corrected chi connectivity index (χ2v) is 7.46. The molecule has 0 bridgehead atoms. The molecule has 6 nitrogen and oxygen atoms in total. The third-order valence-corrected chi connectivity index (χ3v) is 5.84. The van der Waals surface area contributed by atoms with Crippen molar-refractivity contribution < 1.29 is 17.6 Å². The molecule has 1 amide bonds. The Labute approximate surface area is 153 Å². The largest absolute Gasteiger partial charge is 0.376 e. The summed E-state index contributed by atoms with van der Waals surface area (Å²) in [6, 6.07) is 11.7. The summed E-state index contributed by atoms with van der Waals surface area (Å²) in [6.07, 6.45) is 0. The first-order valence-electron chi connectivity index (χ1n) is 8.26. The fraction of sp³-hybridized carbons (Fsp3) is 0.278. The van der Waals surface area contributed by atoms with Gasteiger partial charge in [-0.05, 0) is 48.5 Å². The van der Waals surface area contributed by atoms with E-state index in [9.17, 15) is 17.6 Å². The monoisotopic (exact) mass is 379 g/mol. The average molecular weight is 379 g/mol. The van der Waals surface area contributed by atoms with Crippen molar-refractivity contribution >= 4 is 27.3 Å². The van der Waals surface area contributed by atoms with Crippen molar-refractivity contribution in [1.29, 1.82) is 0 Å². The van der Waals surface area contributed by atoms with Gasteiger partial charge in [0.15, 0.2) is 0 Å². The minimum Gasteiger partial charge on any atom is -0.376 e. The molecule has 26 heavy (non-hydrogen) atoms. The highest BCUT2D eigenvalue weighted by atomic mass is 32.2. The summed E-state index contributed by atoms with van der Waals surface area (Å²) in [7, 11) is -3.50. The van der Waals surface area contributed by atoms with Crippen LogP contribution in [0, 0.1) is 5.82 Å². The van der Waals surface area contributed by atoms with Gasteiger partial charge in [-0.1, -0.05) is 13.8 Å². The van der Waals surface area contributed by atoms with Gasteiger partial charge in [-0.2, -0.15) is 4.31 Å². The number of carbonyl (C=O) groups is 1. The molecule has 2 N–H and O–H groups in total. The number of halogens is 1. The number of nitrogens with zero attached hydrogens (tertiary/aromatic N) is 1. The number of nitrogens with one attached hydrogen (secondary N) is 2. The van der Waals surface area contributed by atoms with Crippen LogP contribution in [0.25, 0.3) is 0 Å². The summed E-state index contributed by atoms with van der Waals surface area (Å²) in [5.41, 5.74) is 1.12. The first-order chi connectivity index (χ1) is 12.4. The van der Waals surface area contributed by atoms with Crippen LogP contribution in [0.2, 0.25) is 0 Å². The van der Waals surface area contributed by atoms with Gasteiger partial charge in [0.25, 0.3) is 0 Å². The molecule has 8 heteroatoms. The molecule has 2 rings (SSSR count). The van der Waals surface area contributed by atoms with Crippen LogP contribution in [0.5, 0.6) is 0 Å². The fourth-order valence-corrected chi connectivity index (χ4v) is 3.84. The number of benzene rings is 2. The number of anilines is 2. The Morgan fingerprint density at radius 2 is 1.50 bits per heavy atom. The van der Waals surface area contributed by atoms with E-state index in [-0.39, 0.29) is 23.2 Å². The van der Waals surface area contributed by atoms with Crippen molar-refractivity contribution in [3.05, 3.63) is 54.3 Å². The number of hydrogen-bond acceptors (Lipinski definition) is 4. The molecular formula is C18H22FN3O3S. The lowest BCUT2D eigenvalue weighted by molar-refractivity contribution is -0.114. The van der Waals surface area contributed by atoms with Crippen LogP contribution < -0.4 is 10.6 Å². The zero-order valence-electron chi connectivity index (χ0n) is 14.7. The standard InChI is InChI=1S/C18H22FN3O3S/c1-3-22(4-2)26(24,25)17-11-9-15(10-12-17)20-13-18(23)21-16-7-5-14(19)6-8-16/h5-12,20H,3-4,13H2,1-2H3,(H,21,23). The number of hydrogen-bond donors (Lipinski definition) is 2. The Hall–Kier alpha value is -2.45. The van der Waals surface area contributed by atoms with E-state index in [1.165, 1.54) is 40.7 Å². The molecule has 0 spiro atoms. The van der Waals surface area contributed by atoms with Crippen LogP contribution >= 0.6 is 0 Å². The van der Waals surface area contributed by atoms with E-state index in [1.54, 1.807) is 26.0 Å². The van der Waals surface area contributed by atoms with Crippen molar-refractivity contribution in [2.45, 2.75) is 18.7 Å². The molecule has 0 heterocycles. The van der Waals surface area contributed by atoms with Crippen molar-refractivity contribution in [2.75, 3.05) is 30.3 Å². The highest BCUT2D eigenvalue weighted by molar-refractivity contribution is 7.89. The van der Waals surface area contributed by atoms with Crippen LogP contribution in [0.1, 0.15) is 13.8 Å². The Morgan fingerprint density at radius 1 is 0.962 bits per heavy atom. The van der Waals surface area contributed by atoms with E-state index in [4.69, 9.17) is 0 Å². The van der Waals surface area contributed by atoms with E-state index in [2.05, 4.69) is 10.6 Å². The van der Waals surface area contributed by atoms with Crippen LogP contribution in [0.15, 0.2) is 53.4 Å². The van der Waals surface area contributed by atoms with Crippen molar-refractivity contribution in [3.63, 3.8) is 0 Å². The molecule has 2 aromatic rings. The second kappa shape index (κ2) is 8.77.